The average Bonchev–Trinajstić information content (AvgIpc) is 2.72. The summed E-state index contributed by atoms with van der Waals surface area (Å²) >= 11 is 0. The lowest BCUT2D eigenvalue weighted by Gasteiger charge is -2.35. The van der Waals surface area contributed by atoms with E-state index in [9.17, 15) is 0 Å². The largest absolute Gasteiger partial charge is 0.292 e. The van der Waals surface area contributed by atoms with Gasteiger partial charge in [-0.05, 0) is 101 Å². The van der Waals surface area contributed by atoms with Gasteiger partial charge in [-0.1, -0.05) is 0 Å². The minimum absolute atomic E-state index is 1.06. The van der Waals surface area contributed by atoms with Gasteiger partial charge in [-0.3, -0.25) is 8.97 Å². The van der Waals surface area contributed by atoms with Crippen molar-refractivity contribution in [3.8, 4) is 11.1 Å². The molecule has 0 N–H and O–H groups in total. The van der Waals surface area contributed by atoms with Gasteiger partial charge in [0.2, 0.25) is 0 Å². The van der Waals surface area contributed by atoms with Crippen molar-refractivity contribution in [2.24, 2.45) is 0 Å². The smallest absolute Gasteiger partial charge is 0.132 e. The first kappa shape index (κ1) is 20.7. The lowest BCUT2D eigenvalue weighted by atomic mass is 10.0. The van der Waals surface area contributed by atoms with Crippen LogP contribution in [-0.4, -0.2) is 39.3 Å². The summed E-state index contributed by atoms with van der Waals surface area (Å²) in [5, 5.41) is 0. The zero-order valence-electron chi connectivity index (χ0n) is 17.8. The van der Waals surface area contributed by atoms with Crippen LogP contribution in [0.5, 0.6) is 0 Å². The van der Waals surface area contributed by atoms with Gasteiger partial charge in [-0.2, -0.15) is 0 Å². The number of benzene rings is 2. The Morgan fingerprint density at radius 2 is 0.654 bits per heavy atom. The maximum absolute atomic E-state index is 2.32. The molecule has 0 unspecified atom stereocenters. The summed E-state index contributed by atoms with van der Waals surface area (Å²) < 4.78 is 2.12. The van der Waals surface area contributed by atoms with Crippen LogP contribution in [0.15, 0.2) is 48.5 Å². The van der Waals surface area contributed by atoms with E-state index in [1.807, 2.05) is 0 Å². The molecule has 2 aromatic carbocycles. The van der Waals surface area contributed by atoms with Gasteiger partial charge in [0, 0.05) is 0 Å². The van der Waals surface area contributed by atoms with Gasteiger partial charge in [0.05, 0.1) is 39.3 Å². The quantitative estimate of drug-likeness (QED) is 0.478. The Bertz CT molecular complexity index is 584. The van der Waals surface area contributed by atoms with E-state index in [0.717, 1.165) is 48.2 Å². The topological polar surface area (TPSA) is 0 Å². The molecule has 2 heteroatoms. The summed E-state index contributed by atoms with van der Waals surface area (Å²) in [5.74, 6) is 0. The monoisotopic (exact) mass is 354 g/mol. The maximum Gasteiger partial charge on any atom is 0.132 e. The molecule has 0 aliphatic carbocycles. The molecule has 0 aliphatic rings. The third kappa shape index (κ3) is 3.72. The van der Waals surface area contributed by atoms with Crippen LogP contribution in [-0.2, 0) is 0 Å². The normalized spacial score (nSPS) is 12.4. The van der Waals surface area contributed by atoms with Crippen molar-refractivity contribution >= 4 is 11.4 Å². The summed E-state index contributed by atoms with van der Waals surface area (Å²) in [6, 6.07) is 18.5. The third-order valence-electron chi connectivity index (χ3n) is 6.80. The molecule has 26 heavy (non-hydrogen) atoms. The van der Waals surface area contributed by atoms with Crippen molar-refractivity contribution < 1.29 is 0 Å². The highest BCUT2D eigenvalue weighted by Crippen LogP contribution is 2.30. The van der Waals surface area contributed by atoms with Gasteiger partial charge in [-0.25, -0.2) is 0 Å². The highest BCUT2D eigenvalue weighted by atomic mass is 15.4. The molecule has 2 nitrogen and oxygen atoms in total. The summed E-state index contributed by atoms with van der Waals surface area (Å²) in [6.07, 6.45) is 0. The van der Waals surface area contributed by atoms with Crippen molar-refractivity contribution in [1.82, 2.24) is 8.97 Å². The predicted molar refractivity (Wildman–Crippen MR) is 119 cm³/mol. The van der Waals surface area contributed by atoms with Gasteiger partial charge in [-0.15, -0.1) is 0 Å². The van der Waals surface area contributed by atoms with Crippen LogP contribution >= 0.6 is 0 Å². The van der Waals surface area contributed by atoms with Crippen LogP contribution in [0.25, 0.3) is 11.1 Å². The Balaban J connectivity index is 2.30. The Kier molecular flexibility index (Phi) is 7.02. The molecule has 0 bridgehead atoms. The van der Waals surface area contributed by atoms with Crippen LogP contribution in [0.3, 0.4) is 0 Å². The molecule has 0 atom stereocenters. The minimum atomic E-state index is 1.06. The Labute approximate surface area is 161 Å². The fourth-order valence-electron chi connectivity index (χ4n) is 4.38. The van der Waals surface area contributed by atoms with E-state index < -0.39 is 0 Å². The molecule has 0 aromatic heterocycles. The molecular weight excluding hydrogens is 316 g/mol. The summed E-state index contributed by atoms with van der Waals surface area (Å²) in [5.41, 5.74) is 5.47. The Morgan fingerprint density at radius 1 is 0.423 bits per heavy atom. The van der Waals surface area contributed by atoms with Gasteiger partial charge < -0.3 is 0 Å². The van der Waals surface area contributed by atoms with Crippen molar-refractivity contribution in [1.29, 1.82) is 0 Å². The molecular formula is C24H38N2+2. The van der Waals surface area contributed by atoms with E-state index >= 15 is 0 Å². The lowest BCUT2D eigenvalue weighted by Crippen LogP contribution is -2.48. The molecule has 2 rings (SSSR count). The fourth-order valence-corrected chi connectivity index (χ4v) is 4.38. The van der Waals surface area contributed by atoms with Crippen molar-refractivity contribution in [2.45, 2.75) is 41.5 Å². The molecule has 0 aliphatic heterocycles. The molecule has 0 heterocycles. The SMILES string of the molecule is CC[N+](CC)(CC)c1ccc(-c2ccc([N+](CC)(CC)CC)cc2)cc1. The molecule has 0 amide bonds. The summed E-state index contributed by atoms with van der Waals surface area (Å²) in [4.78, 5) is 0. The van der Waals surface area contributed by atoms with Crippen molar-refractivity contribution in [3.05, 3.63) is 48.5 Å². The summed E-state index contributed by atoms with van der Waals surface area (Å²) in [7, 11) is 0. The zero-order chi connectivity index (χ0) is 19.2. The lowest BCUT2D eigenvalue weighted by molar-refractivity contribution is 0.316. The van der Waals surface area contributed by atoms with Gasteiger partial charge in [0.25, 0.3) is 0 Å². The molecule has 0 fully saturated rings. The predicted octanol–water partition coefficient (Wildman–Crippen LogP) is 6.09. The standard InChI is InChI=1S/C24H38N2/c1-7-25(8-2,9-3)23-17-13-21(14-18-23)22-15-19-24(20-16-22)26(10-4,11-5)12-6/h13-20H,7-12H2,1-6H3/q+2. The van der Waals surface area contributed by atoms with E-state index in [0.29, 0.717) is 0 Å². The number of rotatable bonds is 9. The van der Waals surface area contributed by atoms with Crippen LogP contribution in [0.2, 0.25) is 0 Å². The van der Waals surface area contributed by atoms with Crippen LogP contribution in [0.4, 0.5) is 11.4 Å². The number of quaternary nitrogens is 2. The van der Waals surface area contributed by atoms with Gasteiger partial charge in [0.15, 0.2) is 0 Å². The second-order valence-electron chi connectivity index (χ2n) is 7.28. The highest BCUT2D eigenvalue weighted by molar-refractivity contribution is 5.68. The Morgan fingerprint density at radius 3 is 0.846 bits per heavy atom. The first-order valence-electron chi connectivity index (χ1n) is 10.5. The van der Waals surface area contributed by atoms with Crippen molar-refractivity contribution in [3.63, 3.8) is 0 Å². The van der Waals surface area contributed by atoms with E-state index in [1.165, 1.54) is 22.5 Å². The first-order chi connectivity index (χ1) is 12.5. The van der Waals surface area contributed by atoms with E-state index in [1.54, 1.807) is 0 Å². The maximum atomic E-state index is 2.32. The minimum Gasteiger partial charge on any atom is -0.292 e. The molecule has 0 spiro atoms. The first-order valence-corrected chi connectivity index (χ1v) is 10.5. The van der Waals surface area contributed by atoms with E-state index in [-0.39, 0.29) is 0 Å². The summed E-state index contributed by atoms with van der Waals surface area (Å²) in [6.45, 7) is 20.6. The van der Waals surface area contributed by atoms with Crippen LogP contribution in [0, 0.1) is 0 Å². The molecule has 0 saturated heterocycles. The van der Waals surface area contributed by atoms with Crippen LogP contribution < -0.4 is 8.97 Å². The molecule has 0 radical (unpaired) electrons. The average molecular weight is 355 g/mol. The van der Waals surface area contributed by atoms with Gasteiger partial charge in [0.1, 0.15) is 11.4 Å². The highest BCUT2D eigenvalue weighted by Gasteiger charge is 2.25. The second kappa shape index (κ2) is 8.83. The van der Waals surface area contributed by atoms with Gasteiger partial charge >= 0.3 is 0 Å². The zero-order valence-corrected chi connectivity index (χ0v) is 17.8. The number of hydrogen-bond donors (Lipinski definition) is 0. The van der Waals surface area contributed by atoms with Crippen molar-refractivity contribution in [2.75, 3.05) is 39.3 Å². The van der Waals surface area contributed by atoms with Crippen LogP contribution in [0.1, 0.15) is 41.5 Å². The Hall–Kier alpha value is -1.64. The molecule has 142 valence electrons. The van der Waals surface area contributed by atoms with E-state index in [2.05, 4.69) is 90.1 Å². The molecule has 0 saturated carbocycles. The number of hydrogen-bond acceptors (Lipinski definition) is 0. The fraction of sp³-hybridized carbons (Fsp3) is 0.500. The molecule has 2 aromatic rings. The number of nitrogens with zero attached hydrogens (tertiary/aromatic N) is 2. The third-order valence-corrected chi connectivity index (χ3v) is 6.80. The van der Waals surface area contributed by atoms with E-state index in [4.69, 9.17) is 0 Å². The second-order valence-corrected chi connectivity index (χ2v) is 7.28.